The monoisotopic (exact) mass is 530 g/mol. The van der Waals surface area contributed by atoms with E-state index in [1.807, 2.05) is 0 Å². The maximum Gasteiger partial charge on any atom is 0.319 e. The van der Waals surface area contributed by atoms with Crippen LogP contribution in [0.2, 0.25) is 0 Å². The van der Waals surface area contributed by atoms with Gasteiger partial charge in [-0.15, -0.1) is 0 Å². The number of aryl methyl sites for hydroxylation is 2. The van der Waals surface area contributed by atoms with Crippen molar-refractivity contribution in [2.75, 3.05) is 0 Å². The van der Waals surface area contributed by atoms with Gasteiger partial charge >= 0.3 is 13.4 Å². The van der Waals surface area contributed by atoms with Crippen molar-refractivity contribution in [2.24, 2.45) is 0 Å². The Kier molecular flexibility index (Phi) is 23.5. The molecule has 1 rings (SSSR count). The number of hydrogen-bond donors (Lipinski definition) is 6. The Morgan fingerprint density at radius 3 is 1.06 bits per heavy atom. The molecule has 32 heavy (non-hydrogen) atoms. The minimum atomic E-state index is -3.81. The van der Waals surface area contributed by atoms with Crippen molar-refractivity contribution in [3.05, 3.63) is 35.4 Å². The topological polar surface area (TPSA) is 121 Å². The fourth-order valence-electron chi connectivity index (χ4n) is 3.24. The quantitative estimate of drug-likeness (QED) is 0.131. The summed E-state index contributed by atoms with van der Waals surface area (Å²) < 4.78 is 0. The van der Waals surface area contributed by atoms with Gasteiger partial charge in [-0.25, -0.2) is 0 Å². The van der Waals surface area contributed by atoms with E-state index in [-0.39, 0.29) is 0 Å². The molecule has 10 heteroatoms. The van der Waals surface area contributed by atoms with Crippen LogP contribution < -0.4 is 0 Å². The van der Waals surface area contributed by atoms with Gasteiger partial charge in [-0.2, -0.15) is 0 Å². The zero-order valence-electron chi connectivity index (χ0n) is 19.6. The lowest BCUT2D eigenvalue weighted by molar-refractivity contribution is 0.361. The maximum absolute atomic E-state index is 7.56. The Labute approximate surface area is 205 Å². The largest absolute Gasteiger partial charge is 0.325 e. The molecule has 6 N–H and O–H groups in total. The summed E-state index contributed by atoms with van der Waals surface area (Å²) >= 11 is 7.21. The second kappa shape index (κ2) is 21.8. The van der Waals surface area contributed by atoms with Gasteiger partial charge in [0.15, 0.2) is 0 Å². The van der Waals surface area contributed by atoms with Crippen LogP contribution in [-0.2, 0) is 36.5 Å². The van der Waals surface area contributed by atoms with Gasteiger partial charge in [-0.1, -0.05) is 102 Å². The molecule has 0 atom stereocenters. The molecule has 1 aromatic rings. The summed E-state index contributed by atoms with van der Waals surface area (Å²) in [6.45, 7) is -3.03. The summed E-state index contributed by atoms with van der Waals surface area (Å²) in [7, 11) is 0. The van der Waals surface area contributed by atoms with Crippen LogP contribution in [0, 0.1) is 0 Å². The molecular formula is C22H44O6P2S2. The van der Waals surface area contributed by atoms with Crippen molar-refractivity contribution in [3.63, 3.8) is 0 Å². The van der Waals surface area contributed by atoms with Gasteiger partial charge in [0.05, 0.1) is 0 Å². The molecule has 0 heterocycles. The average Bonchev–Trinajstić information content (AvgIpc) is 2.65. The molecule has 0 radical (unpaired) electrons. The van der Waals surface area contributed by atoms with E-state index >= 15 is 0 Å². The van der Waals surface area contributed by atoms with E-state index < -0.39 is 13.4 Å². The standard InChI is InChI=1S/C22H38.2H3O3PS/c1-3-5-7-9-11-13-17-21-19-15-16-20-22(21)18-14-12-10-8-6-4-2;2*1-4(2,3)5/h15-16,19-20H,3-14,17-18H2,1-2H3;2*(H3,1,2,3,5). The molecule has 0 aliphatic rings. The summed E-state index contributed by atoms with van der Waals surface area (Å²) in [5.74, 6) is 0. The second-order valence-corrected chi connectivity index (χ2v) is 12.8. The number of unbranched alkanes of at least 4 members (excludes halogenated alkanes) is 10. The van der Waals surface area contributed by atoms with E-state index in [4.69, 9.17) is 29.4 Å². The number of hydrogen-bond acceptors (Lipinski definition) is 2. The molecule has 0 aliphatic carbocycles. The highest BCUT2D eigenvalue weighted by Crippen LogP contribution is 2.27. The van der Waals surface area contributed by atoms with Crippen LogP contribution in [0.3, 0.4) is 0 Å². The van der Waals surface area contributed by atoms with E-state index in [1.165, 1.54) is 89.9 Å². The van der Waals surface area contributed by atoms with E-state index in [2.05, 4.69) is 61.7 Å². The minimum Gasteiger partial charge on any atom is -0.325 e. The van der Waals surface area contributed by atoms with Crippen molar-refractivity contribution in [2.45, 2.75) is 104 Å². The fourth-order valence-corrected chi connectivity index (χ4v) is 3.24. The molecular weight excluding hydrogens is 486 g/mol. The molecule has 0 fully saturated rings. The Morgan fingerprint density at radius 2 is 0.781 bits per heavy atom. The zero-order valence-corrected chi connectivity index (χ0v) is 23.0. The molecule has 0 spiro atoms. The molecule has 0 aromatic heterocycles. The predicted octanol–water partition coefficient (Wildman–Crippen LogP) is 5.87. The molecule has 0 saturated carbocycles. The lowest BCUT2D eigenvalue weighted by atomic mass is 9.96. The molecule has 0 aliphatic heterocycles. The highest BCUT2D eigenvalue weighted by Gasteiger charge is 2.02. The third kappa shape index (κ3) is 34.9. The third-order valence-electron chi connectivity index (χ3n) is 4.72. The van der Waals surface area contributed by atoms with Crippen LogP contribution in [0.15, 0.2) is 24.3 Å². The van der Waals surface area contributed by atoms with Gasteiger partial charge in [0.2, 0.25) is 0 Å². The summed E-state index contributed by atoms with van der Waals surface area (Å²) in [6, 6.07) is 9.16. The Hall–Kier alpha value is 0.280. The Bertz CT molecular complexity index is 578. The summed E-state index contributed by atoms with van der Waals surface area (Å²) in [5, 5.41) is 0. The van der Waals surface area contributed by atoms with Crippen molar-refractivity contribution >= 4 is 37.1 Å². The van der Waals surface area contributed by atoms with E-state index in [1.54, 1.807) is 11.1 Å². The average molecular weight is 531 g/mol. The first-order chi connectivity index (χ1) is 14.9. The molecule has 0 amide bonds. The van der Waals surface area contributed by atoms with Gasteiger partial charge in [0, 0.05) is 0 Å². The first kappa shape index (κ1) is 34.4. The molecule has 1 aromatic carbocycles. The van der Waals surface area contributed by atoms with E-state index in [0.717, 1.165) is 0 Å². The molecule has 0 unspecified atom stereocenters. The van der Waals surface area contributed by atoms with Crippen LogP contribution in [-0.4, -0.2) is 29.4 Å². The molecule has 0 bridgehead atoms. The van der Waals surface area contributed by atoms with E-state index in [9.17, 15) is 0 Å². The van der Waals surface area contributed by atoms with Crippen LogP contribution >= 0.6 is 13.4 Å². The van der Waals surface area contributed by atoms with Crippen LogP contribution in [0.5, 0.6) is 0 Å². The smallest absolute Gasteiger partial charge is 0.319 e. The Morgan fingerprint density at radius 1 is 0.531 bits per heavy atom. The van der Waals surface area contributed by atoms with Crippen molar-refractivity contribution in [3.8, 4) is 0 Å². The Balaban J connectivity index is 0. The highest BCUT2D eigenvalue weighted by atomic mass is 32.5. The summed E-state index contributed by atoms with van der Waals surface area (Å²) in [5.41, 5.74) is 3.23. The maximum atomic E-state index is 7.56. The van der Waals surface area contributed by atoms with Gasteiger partial charge in [-0.3, -0.25) is 0 Å². The number of benzene rings is 1. The van der Waals surface area contributed by atoms with Crippen molar-refractivity contribution < 1.29 is 29.4 Å². The lowest BCUT2D eigenvalue weighted by Crippen LogP contribution is -1.95. The minimum absolute atomic E-state index is 1.29. The van der Waals surface area contributed by atoms with E-state index in [0.29, 0.717) is 0 Å². The van der Waals surface area contributed by atoms with Gasteiger partial charge in [0.25, 0.3) is 0 Å². The predicted molar refractivity (Wildman–Crippen MR) is 142 cm³/mol. The molecule has 190 valence electrons. The van der Waals surface area contributed by atoms with Crippen LogP contribution in [0.4, 0.5) is 0 Å². The van der Waals surface area contributed by atoms with Crippen molar-refractivity contribution in [1.29, 1.82) is 0 Å². The summed E-state index contributed by atoms with van der Waals surface area (Å²) in [6.07, 6.45) is 19.4. The van der Waals surface area contributed by atoms with Crippen LogP contribution in [0.25, 0.3) is 0 Å². The van der Waals surface area contributed by atoms with Gasteiger partial charge in [0.1, 0.15) is 0 Å². The molecule has 0 saturated heterocycles. The first-order valence-electron chi connectivity index (χ1n) is 11.5. The first-order valence-corrected chi connectivity index (χ1v) is 16.8. The van der Waals surface area contributed by atoms with Crippen molar-refractivity contribution in [1.82, 2.24) is 0 Å². The highest BCUT2D eigenvalue weighted by molar-refractivity contribution is 8.06. The fraction of sp³-hybridized carbons (Fsp3) is 0.727. The second-order valence-electron chi connectivity index (χ2n) is 7.83. The SMILES string of the molecule is CCCCCCCCc1ccccc1CCCCCCCC.OP(O)(O)=S.OP(O)(O)=S. The van der Waals surface area contributed by atoms with Gasteiger partial charge < -0.3 is 29.4 Å². The van der Waals surface area contributed by atoms with Gasteiger partial charge in [-0.05, 0) is 60.4 Å². The lowest BCUT2D eigenvalue weighted by Gasteiger charge is -2.09. The summed E-state index contributed by atoms with van der Waals surface area (Å²) in [4.78, 5) is 45.3. The normalized spacial score (nSPS) is 11.2. The number of rotatable bonds is 14. The third-order valence-corrected chi connectivity index (χ3v) is 4.72. The zero-order chi connectivity index (χ0) is 24.9. The molecule has 6 nitrogen and oxygen atoms in total. The van der Waals surface area contributed by atoms with Crippen LogP contribution in [0.1, 0.15) is 102 Å².